The molecule has 2 fully saturated rings. The van der Waals surface area contributed by atoms with E-state index in [0.717, 1.165) is 67.5 Å². The first-order valence-electron chi connectivity index (χ1n) is 11.5. The Kier molecular flexibility index (Phi) is 7.58. The second kappa shape index (κ2) is 10.1. The number of fused-ring (bicyclic) bond motifs is 3. The third-order valence-electron chi connectivity index (χ3n) is 7.29. The van der Waals surface area contributed by atoms with Gasteiger partial charge < -0.3 is 19.9 Å². The monoisotopic (exact) mass is 522 g/mol. The molecule has 0 saturated carbocycles. The van der Waals surface area contributed by atoms with Crippen molar-refractivity contribution in [1.29, 1.82) is 0 Å². The van der Waals surface area contributed by atoms with Crippen molar-refractivity contribution >= 4 is 53.1 Å². The molecular weight excluding hydrogens is 495 g/mol. The first-order valence-corrected chi connectivity index (χ1v) is 11.9. The number of rotatable bonds is 4. The first kappa shape index (κ1) is 25.4. The molecule has 0 bridgehead atoms. The number of carbonyl (C=O) groups is 1. The van der Waals surface area contributed by atoms with Gasteiger partial charge in [0.2, 0.25) is 5.78 Å². The number of benzene rings is 1. The topological polar surface area (TPSA) is 68.2 Å². The van der Waals surface area contributed by atoms with Gasteiger partial charge in [-0.3, -0.25) is 9.78 Å². The number of ketones is 1. The largest absolute Gasteiger partial charge is 0.365 e. The highest BCUT2D eigenvalue weighted by molar-refractivity contribution is 6.31. The van der Waals surface area contributed by atoms with Crippen molar-refractivity contribution in [2.24, 2.45) is 0 Å². The number of aromatic nitrogens is 2. The summed E-state index contributed by atoms with van der Waals surface area (Å²) in [5, 5.41) is 8.56. The number of hydrogen-bond acceptors (Lipinski definition) is 5. The van der Waals surface area contributed by atoms with Crippen LogP contribution in [0.25, 0.3) is 10.9 Å². The van der Waals surface area contributed by atoms with E-state index in [4.69, 9.17) is 16.3 Å². The zero-order chi connectivity index (χ0) is 21.7. The average molecular weight is 524 g/mol. The van der Waals surface area contributed by atoms with E-state index in [0.29, 0.717) is 28.9 Å². The van der Waals surface area contributed by atoms with Crippen LogP contribution in [0, 0.1) is 0 Å². The molecule has 2 N–H and O–H groups in total. The minimum absolute atomic E-state index is 0. The van der Waals surface area contributed by atoms with Crippen LogP contribution in [-0.4, -0.2) is 41.0 Å². The Morgan fingerprint density at radius 2 is 2.03 bits per heavy atom. The minimum Gasteiger partial charge on any atom is -0.365 e. The molecule has 2 aromatic heterocycles. The fraction of sp³-hybridized carbons (Fsp3) is 0.440. The van der Waals surface area contributed by atoms with Crippen molar-refractivity contribution < 1.29 is 9.53 Å². The number of carbonyl (C=O) groups excluding carboxylic acids is 1. The van der Waals surface area contributed by atoms with Gasteiger partial charge in [0.05, 0.1) is 17.7 Å². The number of hydrogen-bond donors (Lipinski definition) is 2. The lowest BCUT2D eigenvalue weighted by molar-refractivity contribution is -0.0593. The van der Waals surface area contributed by atoms with Gasteiger partial charge in [-0.1, -0.05) is 17.7 Å². The maximum atomic E-state index is 14.0. The summed E-state index contributed by atoms with van der Waals surface area (Å²) in [6.07, 6.45) is 7.79. The van der Waals surface area contributed by atoms with Crippen LogP contribution in [0.2, 0.25) is 5.02 Å². The Labute approximate surface area is 216 Å². The molecule has 0 unspecified atom stereocenters. The van der Waals surface area contributed by atoms with E-state index >= 15 is 0 Å². The molecule has 3 aromatic rings. The highest BCUT2D eigenvalue weighted by Crippen LogP contribution is 2.44. The number of nitrogens with one attached hydrogen (secondary N) is 2. The lowest BCUT2D eigenvalue weighted by Gasteiger charge is -2.34. The molecule has 182 valence electrons. The number of nitrogens with zero attached hydrogens (tertiary/aromatic N) is 2. The molecule has 6 nitrogen and oxygen atoms in total. The van der Waals surface area contributed by atoms with Crippen molar-refractivity contribution in [1.82, 2.24) is 20.2 Å². The molecule has 3 aliphatic rings. The standard InChI is InChI=1S/C25H27ClN4O2.2ClH/c26-17-3-4-19-20(14-30(21(19)12-17)13-18-2-1-8-28-18)24(31)23-22-16(5-9-29-23)15-32-25(22)6-10-27-11-7-25;;/h3-5,9,12,14,18,27-28H,1-2,6-8,10-11,13,15H2;2*1H/t18-;;/m0../s1. The van der Waals surface area contributed by atoms with Crippen LogP contribution in [0.15, 0.2) is 36.7 Å². The van der Waals surface area contributed by atoms with Gasteiger partial charge in [-0.25, -0.2) is 0 Å². The van der Waals surface area contributed by atoms with Crippen molar-refractivity contribution in [3.63, 3.8) is 0 Å². The zero-order valence-electron chi connectivity index (χ0n) is 18.8. The van der Waals surface area contributed by atoms with Crippen LogP contribution in [0.3, 0.4) is 0 Å². The number of ether oxygens (including phenoxy) is 1. The summed E-state index contributed by atoms with van der Waals surface area (Å²) in [4.78, 5) is 18.6. The van der Waals surface area contributed by atoms with E-state index in [1.807, 2.05) is 30.5 Å². The molecule has 1 spiro atoms. The normalized spacial score (nSPS) is 20.7. The molecule has 3 aliphatic heterocycles. The summed E-state index contributed by atoms with van der Waals surface area (Å²) in [6, 6.07) is 8.20. The molecule has 1 atom stereocenters. The lowest BCUT2D eigenvalue weighted by atomic mass is 9.82. The van der Waals surface area contributed by atoms with Crippen molar-refractivity contribution in [3.05, 3.63) is 64.1 Å². The fourth-order valence-electron chi connectivity index (χ4n) is 5.69. The van der Waals surface area contributed by atoms with Crippen LogP contribution in [0.5, 0.6) is 0 Å². The van der Waals surface area contributed by atoms with E-state index in [-0.39, 0.29) is 30.6 Å². The Balaban J connectivity index is 0.00000137. The van der Waals surface area contributed by atoms with Crippen molar-refractivity contribution in [2.75, 3.05) is 19.6 Å². The van der Waals surface area contributed by atoms with E-state index in [1.54, 1.807) is 6.20 Å². The number of halogens is 3. The maximum Gasteiger partial charge on any atom is 0.213 e. The van der Waals surface area contributed by atoms with Gasteiger partial charge in [0.25, 0.3) is 0 Å². The second-order valence-electron chi connectivity index (χ2n) is 9.21. The van der Waals surface area contributed by atoms with E-state index in [9.17, 15) is 4.79 Å². The number of pyridine rings is 1. The third-order valence-corrected chi connectivity index (χ3v) is 7.53. The Morgan fingerprint density at radius 1 is 1.21 bits per heavy atom. The predicted molar refractivity (Wildman–Crippen MR) is 139 cm³/mol. The lowest BCUT2D eigenvalue weighted by Crippen LogP contribution is -2.40. The highest BCUT2D eigenvalue weighted by Gasteiger charge is 2.44. The summed E-state index contributed by atoms with van der Waals surface area (Å²) in [7, 11) is 0. The van der Waals surface area contributed by atoms with E-state index in [2.05, 4.69) is 20.2 Å². The number of piperidine rings is 1. The fourth-order valence-corrected chi connectivity index (χ4v) is 5.86. The summed E-state index contributed by atoms with van der Waals surface area (Å²) in [5.41, 5.74) is 3.90. The van der Waals surface area contributed by atoms with Gasteiger partial charge in [0.1, 0.15) is 5.69 Å². The first-order chi connectivity index (χ1) is 15.6. The van der Waals surface area contributed by atoms with Crippen LogP contribution in [0.1, 0.15) is 52.9 Å². The smallest absolute Gasteiger partial charge is 0.213 e. The summed E-state index contributed by atoms with van der Waals surface area (Å²) in [6.45, 7) is 4.18. The van der Waals surface area contributed by atoms with E-state index < -0.39 is 5.60 Å². The molecule has 1 aromatic carbocycles. The van der Waals surface area contributed by atoms with Gasteiger partial charge in [0.15, 0.2) is 0 Å². The molecule has 6 rings (SSSR count). The summed E-state index contributed by atoms with van der Waals surface area (Å²) < 4.78 is 8.49. The van der Waals surface area contributed by atoms with Crippen molar-refractivity contribution in [3.8, 4) is 0 Å². The quantitative estimate of drug-likeness (QED) is 0.488. The Morgan fingerprint density at radius 3 is 2.79 bits per heavy atom. The maximum absolute atomic E-state index is 14.0. The summed E-state index contributed by atoms with van der Waals surface area (Å²) >= 11 is 6.34. The van der Waals surface area contributed by atoms with Gasteiger partial charge >= 0.3 is 0 Å². The molecule has 0 amide bonds. The van der Waals surface area contributed by atoms with Crippen LogP contribution in [-0.2, 0) is 23.5 Å². The molecule has 2 saturated heterocycles. The average Bonchev–Trinajstić information content (AvgIpc) is 3.54. The van der Waals surface area contributed by atoms with Gasteiger partial charge in [-0.2, -0.15) is 0 Å². The predicted octanol–water partition coefficient (Wildman–Crippen LogP) is 4.63. The third kappa shape index (κ3) is 4.25. The van der Waals surface area contributed by atoms with Gasteiger partial charge in [-0.15, -0.1) is 24.8 Å². The molecule has 5 heterocycles. The molecular formula is C25H29Cl3N4O2. The highest BCUT2D eigenvalue weighted by atomic mass is 35.5. The van der Waals surface area contributed by atoms with Crippen LogP contribution >= 0.6 is 36.4 Å². The van der Waals surface area contributed by atoms with E-state index in [1.165, 1.54) is 6.42 Å². The molecule has 34 heavy (non-hydrogen) atoms. The molecule has 0 radical (unpaired) electrons. The second-order valence-corrected chi connectivity index (χ2v) is 9.64. The summed E-state index contributed by atoms with van der Waals surface area (Å²) in [5.74, 6) is -0.0317. The minimum atomic E-state index is -0.407. The van der Waals surface area contributed by atoms with Crippen LogP contribution in [0.4, 0.5) is 0 Å². The zero-order valence-corrected chi connectivity index (χ0v) is 21.2. The Bertz CT molecular complexity index is 1190. The van der Waals surface area contributed by atoms with Crippen LogP contribution < -0.4 is 10.6 Å². The van der Waals surface area contributed by atoms with Gasteiger partial charge in [-0.05, 0) is 69.1 Å². The Hall–Kier alpha value is -1.67. The molecule has 9 heteroatoms. The SMILES string of the molecule is Cl.Cl.O=C(c1nccc2c1C1(CCNCC1)OC2)c1cn(C[C@@H]2CCCN2)c2cc(Cl)ccc12. The van der Waals surface area contributed by atoms with Gasteiger partial charge in [0, 0.05) is 46.5 Å². The van der Waals surface area contributed by atoms with Crippen molar-refractivity contribution in [2.45, 2.75) is 50.5 Å². The molecule has 0 aliphatic carbocycles.